The maximum Gasteiger partial charge on any atom is 0.227 e. The highest BCUT2D eigenvalue weighted by Gasteiger charge is 2.25. The zero-order valence-electron chi connectivity index (χ0n) is 11.0. The van der Waals surface area contributed by atoms with Gasteiger partial charge < -0.3 is 10.2 Å². The minimum Gasteiger partial charge on any atom is -0.334 e. The first-order valence-electron chi connectivity index (χ1n) is 6.44. The van der Waals surface area contributed by atoms with Gasteiger partial charge in [-0.15, -0.1) is 30.3 Å². The molecule has 1 unspecified atom stereocenters. The van der Waals surface area contributed by atoms with Crippen molar-refractivity contribution in [2.24, 2.45) is 5.92 Å². The van der Waals surface area contributed by atoms with Gasteiger partial charge >= 0.3 is 0 Å². The molecule has 3 nitrogen and oxygen atoms in total. The SMILES string of the molecule is C=CCN(Cc1cccs1)C(=O)C1CCCNC1.Cl. The van der Waals surface area contributed by atoms with Crippen LogP contribution in [0.2, 0.25) is 0 Å². The van der Waals surface area contributed by atoms with Gasteiger partial charge in [0.25, 0.3) is 0 Å². The summed E-state index contributed by atoms with van der Waals surface area (Å²) in [5.41, 5.74) is 0. The number of amides is 1. The Hall–Kier alpha value is -0.840. The van der Waals surface area contributed by atoms with Gasteiger partial charge in [0.2, 0.25) is 5.91 Å². The molecule has 0 spiro atoms. The van der Waals surface area contributed by atoms with Crippen molar-refractivity contribution >= 4 is 29.7 Å². The monoisotopic (exact) mass is 300 g/mol. The summed E-state index contributed by atoms with van der Waals surface area (Å²) in [5, 5.41) is 5.35. The van der Waals surface area contributed by atoms with Gasteiger partial charge in [0.05, 0.1) is 12.5 Å². The van der Waals surface area contributed by atoms with Crippen LogP contribution in [0.5, 0.6) is 0 Å². The van der Waals surface area contributed by atoms with E-state index in [1.807, 2.05) is 22.4 Å². The molecule has 0 aliphatic carbocycles. The van der Waals surface area contributed by atoms with Gasteiger partial charge in [0.15, 0.2) is 0 Å². The van der Waals surface area contributed by atoms with Crippen LogP contribution in [-0.2, 0) is 11.3 Å². The molecule has 1 saturated heterocycles. The van der Waals surface area contributed by atoms with Crippen LogP contribution in [0.3, 0.4) is 0 Å². The smallest absolute Gasteiger partial charge is 0.227 e. The number of piperidine rings is 1. The van der Waals surface area contributed by atoms with Crippen molar-refractivity contribution in [3.05, 3.63) is 35.0 Å². The van der Waals surface area contributed by atoms with Crippen LogP contribution in [0, 0.1) is 5.92 Å². The number of hydrogen-bond acceptors (Lipinski definition) is 3. The van der Waals surface area contributed by atoms with E-state index in [1.165, 1.54) is 4.88 Å². The lowest BCUT2D eigenvalue weighted by Gasteiger charge is -2.28. The summed E-state index contributed by atoms with van der Waals surface area (Å²) in [6.45, 7) is 6.94. The fourth-order valence-corrected chi connectivity index (χ4v) is 3.02. The Morgan fingerprint density at radius 3 is 3.05 bits per heavy atom. The Morgan fingerprint density at radius 1 is 1.63 bits per heavy atom. The highest BCUT2D eigenvalue weighted by molar-refractivity contribution is 7.09. The van der Waals surface area contributed by atoms with Gasteiger partial charge in [0.1, 0.15) is 0 Å². The molecule has 0 radical (unpaired) electrons. The standard InChI is InChI=1S/C14H20N2OS.ClH/c1-2-8-16(11-13-6-4-9-18-13)14(17)12-5-3-7-15-10-12;/h2,4,6,9,12,15H,1,3,5,7-8,10-11H2;1H. The third-order valence-corrected chi connectivity index (χ3v) is 4.10. The van der Waals surface area contributed by atoms with Crippen molar-refractivity contribution < 1.29 is 4.79 Å². The first-order valence-corrected chi connectivity index (χ1v) is 7.32. The first-order chi connectivity index (χ1) is 8.81. The number of nitrogens with one attached hydrogen (secondary N) is 1. The molecular weight excluding hydrogens is 280 g/mol. The van der Waals surface area contributed by atoms with Crippen molar-refractivity contribution in [1.82, 2.24) is 10.2 Å². The maximum atomic E-state index is 12.5. The minimum atomic E-state index is 0. The van der Waals surface area contributed by atoms with E-state index in [2.05, 4.69) is 18.0 Å². The quantitative estimate of drug-likeness (QED) is 0.848. The second kappa shape index (κ2) is 8.35. The van der Waals surface area contributed by atoms with Crippen LogP contribution in [0.15, 0.2) is 30.2 Å². The molecule has 1 fully saturated rings. The molecule has 1 N–H and O–H groups in total. The number of rotatable bonds is 5. The van der Waals surface area contributed by atoms with Crippen LogP contribution in [0.4, 0.5) is 0 Å². The van der Waals surface area contributed by atoms with Crippen molar-refractivity contribution in [2.45, 2.75) is 19.4 Å². The van der Waals surface area contributed by atoms with Crippen LogP contribution < -0.4 is 5.32 Å². The predicted molar refractivity (Wildman–Crippen MR) is 82.8 cm³/mol. The summed E-state index contributed by atoms with van der Waals surface area (Å²) >= 11 is 1.70. The lowest BCUT2D eigenvalue weighted by molar-refractivity contribution is -0.136. The normalized spacial score (nSPS) is 18.4. The Morgan fingerprint density at radius 2 is 2.47 bits per heavy atom. The number of halogens is 1. The van der Waals surface area contributed by atoms with Crippen LogP contribution >= 0.6 is 23.7 Å². The Bertz CT molecular complexity index is 388. The molecular formula is C14H21ClN2OS. The lowest BCUT2D eigenvalue weighted by atomic mass is 9.98. The third-order valence-electron chi connectivity index (χ3n) is 3.23. The van der Waals surface area contributed by atoms with E-state index in [0.29, 0.717) is 13.1 Å². The van der Waals surface area contributed by atoms with E-state index in [1.54, 1.807) is 11.3 Å². The fraction of sp³-hybridized carbons (Fsp3) is 0.500. The largest absolute Gasteiger partial charge is 0.334 e. The molecule has 0 aromatic carbocycles. The number of hydrogen-bond donors (Lipinski definition) is 1. The summed E-state index contributed by atoms with van der Waals surface area (Å²) in [6, 6.07) is 4.10. The summed E-state index contributed by atoms with van der Waals surface area (Å²) in [6.07, 6.45) is 3.91. The fourth-order valence-electron chi connectivity index (χ4n) is 2.30. The Balaban J connectivity index is 0.00000180. The molecule has 2 rings (SSSR count). The zero-order valence-corrected chi connectivity index (χ0v) is 12.6. The van der Waals surface area contributed by atoms with Crippen molar-refractivity contribution in [2.75, 3.05) is 19.6 Å². The number of carbonyl (C=O) groups excluding carboxylic acids is 1. The van der Waals surface area contributed by atoms with E-state index in [-0.39, 0.29) is 24.2 Å². The summed E-state index contributed by atoms with van der Waals surface area (Å²) in [5.74, 6) is 0.397. The van der Waals surface area contributed by atoms with Gasteiger partial charge in [0, 0.05) is 18.0 Å². The Labute approximate surface area is 125 Å². The summed E-state index contributed by atoms with van der Waals surface area (Å²) in [4.78, 5) is 15.6. The van der Waals surface area contributed by atoms with Gasteiger partial charge in [-0.05, 0) is 30.8 Å². The second-order valence-electron chi connectivity index (χ2n) is 4.63. The van der Waals surface area contributed by atoms with E-state index in [9.17, 15) is 4.79 Å². The van der Waals surface area contributed by atoms with E-state index < -0.39 is 0 Å². The van der Waals surface area contributed by atoms with Gasteiger partial charge in [-0.3, -0.25) is 4.79 Å². The van der Waals surface area contributed by atoms with Crippen molar-refractivity contribution in [1.29, 1.82) is 0 Å². The van der Waals surface area contributed by atoms with Crippen molar-refractivity contribution in [3.63, 3.8) is 0 Å². The molecule has 1 aliphatic rings. The number of carbonyl (C=O) groups is 1. The zero-order chi connectivity index (χ0) is 12.8. The molecule has 106 valence electrons. The van der Waals surface area contributed by atoms with Crippen LogP contribution in [-0.4, -0.2) is 30.4 Å². The van der Waals surface area contributed by atoms with E-state index >= 15 is 0 Å². The topological polar surface area (TPSA) is 32.3 Å². The van der Waals surface area contributed by atoms with E-state index in [0.717, 1.165) is 25.9 Å². The average molecular weight is 301 g/mol. The van der Waals surface area contributed by atoms with Crippen LogP contribution in [0.1, 0.15) is 17.7 Å². The lowest BCUT2D eigenvalue weighted by Crippen LogP contribution is -2.42. The van der Waals surface area contributed by atoms with Crippen LogP contribution in [0.25, 0.3) is 0 Å². The van der Waals surface area contributed by atoms with Gasteiger partial charge in [-0.2, -0.15) is 0 Å². The number of nitrogens with zero attached hydrogens (tertiary/aromatic N) is 1. The van der Waals surface area contributed by atoms with Crippen molar-refractivity contribution in [3.8, 4) is 0 Å². The molecule has 19 heavy (non-hydrogen) atoms. The molecule has 1 amide bonds. The maximum absolute atomic E-state index is 12.5. The minimum absolute atomic E-state index is 0. The molecule has 1 aromatic rings. The first kappa shape index (κ1) is 16.2. The summed E-state index contributed by atoms with van der Waals surface area (Å²) in [7, 11) is 0. The summed E-state index contributed by atoms with van der Waals surface area (Å²) < 4.78 is 0. The third kappa shape index (κ3) is 4.64. The van der Waals surface area contributed by atoms with Gasteiger partial charge in [-0.1, -0.05) is 12.1 Å². The molecule has 0 saturated carbocycles. The molecule has 1 atom stereocenters. The second-order valence-corrected chi connectivity index (χ2v) is 5.66. The highest BCUT2D eigenvalue weighted by atomic mass is 35.5. The average Bonchev–Trinajstić information content (AvgIpc) is 2.91. The highest BCUT2D eigenvalue weighted by Crippen LogP contribution is 2.17. The Kier molecular flexibility index (Phi) is 7.13. The number of thiophene rings is 1. The van der Waals surface area contributed by atoms with Gasteiger partial charge in [-0.25, -0.2) is 0 Å². The molecule has 5 heteroatoms. The molecule has 0 bridgehead atoms. The molecule has 2 heterocycles. The molecule has 1 aliphatic heterocycles. The van der Waals surface area contributed by atoms with E-state index in [4.69, 9.17) is 0 Å². The predicted octanol–water partition coefficient (Wildman–Crippen LogP) is 2.68. The molecule has 1 aromatic heterocycles.